The molecule has 0 saturated heterocycles. The Bertz CT molecular complexity index is 891. The van der Waals surface area contributed by atoms with Gasteiger partial charge in [0.15, 0.2) is 18.1 Å². The van der Waals surface area contributed by atoms with Crippen LogP contribution in [0.5, 0.6) is 17.2 Å². The Labute approximate surface area is 164 Å². The smallest absolute Gasteiger partial charge is 0.340 e. The maximum atomic E-state index is 12.4. The average Bonchev–Trinajstić information content (AvgIpc) is 2.68. The first-order valence-electron chi connectivity index (χ1n) is 8.65. The molecule has 0 saturated carbocycles. The number of carbonyl (C=O) groups excluding carboxylic acids is 2. The van der Waals surface area contributed by atoms with Crippen molar-refractivity contribution >= 4 is 17.6 Å². The minimum Gasteiger partial charge on any atom is -0.493 e. The second kappa shape index (κ2) is 9.12. The van der Waals surface area contributed by atoms with Crippen LogP contribution in [0.25, 0.3) is 0 Å². The van der Waals surface area contributed by atoms with E-state index in [0.29, 0.717) is 17.2 Å². The van der Waals surface area contributed by atoms with Crippen LogP contribution in [0.4, 0.5) is 5.69 Å². The largest absolute Gasteiger partial charge is 0.493 e. The van der Waals surface area contributed by atoms with Crippen molar-refractivity contribution in [2.24, 2.45) is 0 Å². The zero-order valence-electron chi connectivity index (χ0n) is 17.0. The van der Waals surface area contributed by atoms with E-state index in [1.165, 1.54) is 33.5 Å². The normalized spacial score (nSPS) is 10.2. The average molecular weight is 387 g/mol. The van der Waals surface area contributed by atoms with E-state index in [9.17, 15) is 9.59 Å². The van der Waals surface area contributed by atoms with Crippen molar-refractivity contribution in [2.45, 2.75) is 20.8 Å². The van der Waals surface area contributed by atoms with Gasteiger partial charge in [-0.15, -0.1) is 0 Å². The lowest BCUT2D eigenvalue weighted by Crippen LogP contribution is -2.22. The van der Waals surface area contributed by atoms with Gasteiger partial charge in [0.25, 0.3) is 5.91 Å². The summed E-state index contributed by atoms with van der Waals surface area (Å²) in [6, 6.07) is 6.89. The Morgan fingerprint density at radius 3 is 2.14 bits per heavy atom. The lowest BCUT2D eigenvalue weighted by molar-refractivity contribution is -0.118. The van der Waals surface area contributed by atoms with Crippen molar-refractivity contribution in [3.63, 3.8) is 0 Å². The van der Waals surface area contributed by atoms with Gasteiger partial charge in [0.05, 0.1) is 32.6 Å². The minimum atomic E-state index is -0.609. The second-order valence-corrected chi connectivity index (χ2v) is 6.29. The van der Waals surface area contributed by atoms with Gasteiger partial charge in [-0.3, -0.25) is 4.79 Å². The number of hydrogen-bond donors (Lipinski definition) is 1. The Hall–Kier alpha value is -3.22. The SMILES string of the molecule is COC(=O)c1cc(OC)c(OC)cc1NC(=O)COc1cc(C)cc(C)c1C. The highest BCUT2D eigenvalue weighted by atomic mass is 16.5. The summed E-state index contributed by atoms with van der Waals surface area (Å²) >= 11 is 0. The van der Waals surface area contributed by atoms with Crippen molar-refractivity contribution in [3.05, 3.63) is 46.5 Å². The topological polar surface area (TPSA) is 83.1 Å². The highest BCUT2D eigenvalue weighted by molar-refractivity contribution is 6.02. The van der Waals surface area contributed by atoms with Gasteiger partial charge < -0.3 is 24.3 Å². The number of anilines is 1. The van der Waals surface area contributed by atoms with Crippen LogP contribution >= 0.6 is 0 Å². The molecule has 2 rings (SSSR count). The molecule has 0 aliphatic heterocycles. The number of benzene rings is 2. The summed E-state index contributed by atoms with van der Waals surface area (Å²) in [5, 5.41) is 2.67. The first kappa shape index (κ1) is 21.1. The third-order valence-corrected chi connectivity index (χ3v) is 4.33. The van der Waals surface area contributed by atoms with Crippen LogP contribution in [0.15, 0.2) is 24.3 Å². The molecule has 0 aliphatic rings. The van der Waals surface area contributed by atoms with E-state index >= 15 is 0 Å². The molecule has 1 amide bonds. The van der Waals surface area contributed by atoms with Gasteiger partial charge in [-0.2, -0.15) is 0 Å². The molecule has 0 spiro atoms. The molecular weight excluding hydrogens is 362 g/mol. The van der Waals surface area contributed by atoms with Crippen LogP contribution < -0.4 is 19.5 Å². The van der Waals surface area contributed by atoms with Gasteiger partial charge in [-0.25, -0.2) is 4.79 Å². The number of aryl methyl sites for hydroxylation is 2. The molecule has 0 heterocycles. The first-order valence-corrected chi connectivity index (χ1v) is 8.65. The molecule has 0 fully saturated rings. The Morgan fingerprint density at radius 1 is 0.893 bits per heavy atom. The molecule has 0 aliphatic carbocycles. The molecular formula is C21H25NO6. The lowest BCUT2D eigenvalue weighted by atomic mass is 10.1. The van der Waals surface area contributed by atoms with Crippen LogP contribution in [-0.2, 0) is 9.53 Å². The molecule has 1 N–H and O–H groups in total. The number of hydrogen-bond acceptors (Lipinski definition) is 6. The molecule has 0 unspecified atom stereocenters. The summed E-state index contributed by atoms with van der Waals surface area (Å²) in [5.41, 5.74) is 3.50. The van der Waals surface area contributed by atoms with E-state index in [1.54, 1.807) is 0 Å². The van der Waals surface area contributed by atoms with Crippen LogP contribution in [0.1, 0.15) is 27.0 Å². The molecule has 28 heavy (non-hydrogen) atoms. The van der Waals surface area contributed by atoms with Gasteiger partial charge in [0, 0.05) is 12.1 Å². The van der Waals surface area contributed by atoms with Crippen LogP contribution in [0.3, 0.4) is 0 Å². The maximum Gasteiger partial charge on any atom is 0.340 e. The van der Waals surface area contributed by atoms with Crippen LogP contribution in [0, 0.1) is 20.8 Å². The minimum absolute atomic E-state index is 0.149. The summed E-state index contributed by atoms with van der Waals surface area (Å²) in [5.74, 6) is 0.339. The Kier molecular flexibility index (Phi) is 6.87. The van der Waals surface area contributed by atoms with Crippen LogP contribution in [-0.4, -0.2) is 39.8 Å². The third-order valence-electron chi connectivity index (χ3n) is 4.33. The fourth-order valence-corrected chi connectivity index (χ4v) is 2.74. The first-order chi connectivity index (χ1) is 13.3. The lowest BCUT2D eigenvalue weighted by Gasteiger charge is -2.15. The number of amides is 1. The van der Waals surface area contributed by atoms with Crippen molar-refractivity contribution < 1.29 is 28.5 Å². The van der Waals surface area contributed by atoms with Gasteiger partial charge in [0.1, 0.15) is 5.75 Å². The van der Waals surface area contributed by atoms with Gasteiger partial charge in [-0.1, -0.05) is 6.07 Å². The fraction of sp³-hybridized carbons (Fsp3) is 0.333. The Balaban J connectivity index is 2.22. The quantitative estimate of drug-likeness (QED) is 0.733. The predicted molar refractivity (Wildman–Crippen MR) is 106 cm³/mol. The molecule has 0 radical (unpaired) electrons. The number of rotatable bonds is 7. The van der Waals surface area contributed by atoms with E-state index < -0.39 is 11.9 Å². The number of esters is 1. The highest BCUT2D eigenvalue weighted by Crippen LogP contribution is 2.33. The number of nitrogens with one attached hydrogen (secondary N) is 1. The monoisotopic (exact) mass is 387 g/mol. The number of methoxy groups -OCH3 is 3. The molecule has 0 bridgehead atoms. The van der Waals surface area contributed by atoms with E-state index in [-0.39, 0.29) is 17.9 Å². The fourth-order valence-electron chi connectivity index (χ4n) is 2.74. The maximum absolute atomic E-state index is 12.4. The van der Waals surface area contributed by atoms with E-state index in [0.717, 1.165) is 16.7 Å². The van der Waals surface area contributed by atoms with E-state index in [2.05, 4.69) is 11.4 Å². The second-order valence-electron chi connectivity index (χ2n) is 6.29. The van der Waals surface area contributed by atoms with E-state index in [4.69, 9.17) is 18.9 Å². The zero-order valence-corrected chi connectivity index (χ0v) is 17.0. The molecule has 0 atom stereocenters. The third kappa shape index (κ3) is 4.73. The molecule has 150 valence electrons. The van der Waals surface area contributed by atoms with Gasteiger partial charge in [0.2, 0.25) is 0 Å². The predicted octanol–water partition coefficient (Wildman–Crippen LogP) is 3.43. The van der Waals surface area contributed by atoms with Crippen LogP contribution in [0.2, 0.25) is 0 Å². The molecule has 0 aromatic heterocycles. The molecule has 2 aromatic rings. The summed E-state index contributed by atoms with van der Waals surface area (Å²) in [6.07, 6.45) is 0. The van der Waals surface area contributed by atoms with Crippen molar-refractivity contribution in [1.29, 1.82) is 0 Å². The zero-order chi connectivity index (χ0) is 20.8. The Morgan fingerprint density at radius 2 is 1.54 bits per heavy atom. The van der Waals surface area contributed by atoms with Gasteiger partial charge in [-0.05, 0) is 43.5 Å². The summed E-state index contributed by atoms with van der Waals surface area (Å²) < 4.78 is 20.9. The molecule has 7 nitrogen and oxygen atoms in total. The van der Waals surface area contributed by atoms with Crippen molar-refractivity contribution in [1.82, 2.24) is 0 Å². The van der Waals surface area contributed by atoms with Gasteiger partial charge >= 0.3 is 5.97 Å². The van der Waals surface area contributed by atoms with E-state index in [1.807, 2.05) is 26.8 Å². The molecule has 2 aromatic carbocycles. The number of ether oxygens (including phenoxy) is 4. The molecule has 7 heteroatoms. The van der Waals surface area contributed by atoms with Crippen molar-refractivity contribution in [3.8, 4) is 17.2 Å². The summed E-state index contributed by atoms with van der Waals surface area (Å²) in [4.78, 5) is 24.5. The standard InChI is InChI=1S/C21H25NO6/c1-12-7-13(2)14(3)17(8-12)28-11-20(23)22-16-10-19(26-5)18(25-4)9-15(16)21(24)27-6/h7-10H,11H2,1-6H3,(H,22,23). The highest BCUT2D eigenvalue weighted by Gasteiger charge is 2.19. The number of carbonyl (C=O) groups is 2. The van der Waals surface area contributed by atoms with Crippen molar-refractivity contribution in [2.75, 3.05) is 33.3 Å². The summed E-state index contributed by atoms with van der Waals surface area (Å²) in [6.45, 7) is 5.68. The summed E-state index contributed by atoms with van der Waals surface area (Å²) in [7, 11) is 4.18.